The Labute approximate surface area is 126 Å². The van der Waals surface area contributed by atoms with Crippen LogP contribution >= 0.6 is 0 Å². The van der Waals surface area contributed by atoms with Crippen LogP contribution in [0.15, 0.2) is 72.9 Å². The molecule has 0 bridgehead atoms. The van der Waals surface area contributed by atoms with Gasteiger partial charge in [0.1, 0.15) is 5.82 Å². The van der Waals surface area contributed by atoms with Crippen LogP contribution in [0.4, 0.5) is 4.39 Å². The number of hydrogen-bond donors (Lipinski definition) is 0. The van der Waals surface area contributed by atoms with E-state index in [4.69, 9.17) is 0 Å². The Kier molecular flexibility index (Phi) is 2.93. The third-order valence-electron chi connectivity index (χ3n) is 3.57. The molecule has 4 aromatic rings. The van der Waals surface area contributed by atoms with Gasteiger partial charge in [0, 0.05) is 11.1 Å². The van der Waals surface area contributed by atoms with E-state index in [1.807, 2.05) is 53.2 Å². The summed E-state index contributed by atoms with van der Waals surface area (Å²) in [5.41, 5.74) is 4.42. The highest BCUT2D eigenvalue weighted by atomic mass is 19.1. The smallest absolute Gasteiger partial charge is 0.154 e. The van der Waals surface area contributed by atoms with E-state index in [1.165, 1.54) is 12.1 Å². The third kappa shape index (κ3) is 2.15. The minimum absolute atomic E-state index is 0.252. The van der Waals surface area contributed by atoms with Crippen molar-refractivity contribution in [1.29, 1.82) is 0 Å². The second-order valence-electron chi connectivity index (χ2n) is 5.00. The Bertz CT molecular complexity index is 928. The van der Waals surface area contributed by atoms with Crippen LogP contribution in [0.3, 0.4) is 0 Å². The maximum atomic E-state index is 13.1. The van der Waals surface area contributed by atoms with Crippen molar-refractivity contribution in [3.63, 3.8) is 0 Å². The molecule has 0 N–H and O–H groups in total. The van der Waals surface area contributed by atoms with Gasteiger partial charge in [-0.2, -0.15) is 5.10 Å². The fraction of sp³-hybridized carbons (Fsp3) is 0. The molecule has 0 saturated carbocycles. The van der Waals surface area contributed by atoms with Crippen molar-refractivity contribution in [2.24, 2.45) is 0 Å². The molecule has 0 spiro atoms. The van der Waals surface area contributed by atoms with Crippen LogP contribution in [0, 0.1) is 5.82 Å². The van der Waals surface area contributed by atoms with Gasteiger partial charge in [-0.05, 0) is 36.4 Å². The van der Waals surface area contributed by atoms with Crippen molar-refractivity contribution in [1.82, 2.24) is 14.6 Å². The van der Waals surface area contributed by atoms with Crippen molar-refractivity contribution in [3.8, 4) is 22.5 Å². The molecule has 0 aliphatic heterocycles. The second kappa shape index (κ2) is 5.07. The first-order chi connectivity index (χ1) is 10.8. The Morgan fingerprint density at radius 2 is 1.55 bits per heavy atom. The van der Waals surface area contributed by atoms with E-state index in [0.29, 0.717) is 0 Å². The summed E-state index contributed by atoms with van der Waals surface area (Å²) in [4.78, 5) is 4.38. The lowest BCUT2D eigenvalue weighted by atomic mass is 10.1. The van der Waals surface area contributed by atoms with Crippen LogP contribution in [0.5, 0.6) is 0 Å². The van der Waals surface area contributed by atoms with Crippen LogP contribution < -0.4 is 0 Å². The quantitative estimate of drug-likeness (QED) is 0.553. The highest BCUT2D eigenvalue weighted by Crippen LogP contribution is 2.22. The minimum Gasteiger partial charge on any atom is -0.235 e. The van der Waals surface area contributed by atoms with Gasteiger partial charge in [0.2, 0.25) is 0 Å². The summed E-state index contributed by atoms with van der Waals surface area (Å²) in [5.74, 6) is -0.252. The topological polar surface area (TPSA) is 30.2 Å². The number of benzene rings is 2. The summed E-state index contributed by atoms with van der Waals surface area (Å²) >= 11 is 0. The molecule has 0 unspecified atom stereocenters. The average molecular weight is 289 g/mol. The highest BCUT2D eigenvalue weighted by Gasteiger charge is 2.08. The number of nitrogens with zero attached hydrogens (tertiary/aromatic N) is 3. The summed E-state index contributed by atoms with van der Waals surface area (Å²) in [5, 5.41) is 4.64. The molecule has 4 heteroatoms. The molecule has 0 radical (unpaired) electrons. The molecular formula is C18H12FN3. The van der Waals surface area contributed by atoms with Gasteiger partial charge in [-0.3, -0.25) is 0 Å². The zero-order chi connectivity index (χ0) is 14.9. The molecule has 2 heterocycles. The largest absolute Gasteiger partial charge is 0.235 e. The number of aromatic nitrogens is 3. The molecule has 0 fully saturated rings. The van der Waals surface area contributed by atoms with Crippen molar-refractivity contribution >= 4 is 5.65 Å². The van der Waals surface area contributed by atoms with Crippen LogP contribution in [-0.4, -0.2) is 14.6 Å². The lowest BCUT2D eigenvalue weighted by Gasteiger charge is -2.04. The number of imidazole rings is 1. The minimum atomic E-state index is -0.252. The Hall–Kier alpha value is -3.01. The summed E-state index contributed by atoms with van der Waals surface area (Å²) in [6, 6.07) is 20.1. The van der Waals surface area contributed by atoms with Crippen LogP contribution in [0.2, 0.25) is 0 Å². The molecule has 2 aromatic heterocycles. The first kappa shape index (κ1) is 12.7. The zero-order valence-corrected chi connectivity index (χ0v) is 11.6. The van der Waals surface area contributed by atoms with Crippen molar-refractivity contribution in [3.05, 3.63) is 78.7 Å². The van der Waals surface area contributed by atoms with Gasteiger partial charge in [-0.1, -0.05) is 30.3 Å². The number of rotatable bonds is 2. The number of hydrogen-bond acceptors (Lipinski definition) is 2. The number of fused-ring (bicyclic) bond motifs is 1. The van der Waals surface area contributed by atoms with Gasteiger partial charge in [-0.15, -0.1) is 0 Å². The van der Waals surface area contributed by atoms with E-state index < -0.39 is 0 Å². The molecule has 3 nitrogen and oxygen atoms in total. The lowest BCUT2D eigenvalue weighted by molar-refractivity contribution is 0.628. The van der Waals surface area contributed by atoms with Gasteiger partial charge in [0.15, 0.2) is 5.65 Å². The molecular weight excluding hydrogens is 277 g/mol. The van der Waals surface area contributed by atoms with Gasteiger partial charge >= 0.3 is 0 Å². The van der Waals surface area contributed by atoms with E-state index in [0.717, 1.165) is 28.2 Å². The first-order valence-corrected chi connectivity index (χ1v) is 6.97. The molecule has 0 saturated heterocycles. The third-order valence-corrected chi connectivity index (χ3v) is 3.57. The second-order valence-corrected chi connectivity index (χ2v) is 5.00. The predicted octanol–water partition coefficient (Wildman–Crippen LogP) is 4.20. The van der Waals surface area contributed by atoms with Crippen LogP contribution in [0.1, 0.15) is 0 Å². The molecule has 0 aliphatic carbocycles. The Morgan fingerprint density at radius 1 is 0.773 bits per heavy atom. The van der Waals surface area contributed by atoms with Crippen molar-refractivity contribution in [2.75, 3.05) is 0 Å². The van der Waals surface area contributed by atoms with Crippen molar-refractivity contribution < 1.29 is 4.39 Å². The van der Waals surface area contributed by atoms with E-state index in [1.54, 1.807) is 12.1 Å². The average Bonchev–Trinajstić information content (AvgIpc) is 2.99. The molecule has 2 aromatic carbocycles. The molecule has 0 aliphatic rings. The molecule has 4 rings (SSSR count). The van der Waals surface area contributed by atoms with Crippen molar-refractivity contribution in [2.45, 2.75) is 0 Å². The van der Waals surface area contributed by atoms with Crippen LogP contribution in [0.25, 0.3) is 28.2 Å². The summed E-state index contributed by atoms with van der Waals surface area (Å²) < 4.78 is 14.9. The summed E-state index contributed by atoms with van der Waals surface area (Å²) in [6.45, 7) is 0. The fourth-order valence-corrected chi connectivity index (χ4v) is 2.45. The van der Waals surface area contributed by atoms with E-state index in [9.17, 15) is 4.39 Å². The maximum absolute atomic E-state index is 13.1. The standard InChI is InChI=1S/C18H12FN3/c19-15-8-6-13(7-9-15)16-10-11-18-20-12-17(22(18)21-16)14-4-2-1-3-5-14/h1-12H. The normalized spacial score (nSPS) is 11.0. The van der Waals surface area contributed by atoms with E-state index in [-0.39, 0.29) is 5.82 Å². The van der Waals surface area contributed by atoms with E-state index >= 15 is 0 Å². The summed E-state index contributed by atoms with van der Waals surface area (Å²) in [7, 11) is 0. The predicted molar refractivity (Wildman–Crippen MR) is 83.8 cm³/mol. The number of halogens is 1. The molecule has 0 atom stereocenters. The lowest BCUT2D eigenvalue weighted by Crippen LogP contribution is -1.96. The monoisotopic (exact) mass is 289 g/mol. The van der Waals surface area contributed by atoms with Gasteiger partial charge in [0.05, 0.1) is 17.6 Å². The molecule has 106 valence electrons. The first-order valence-electron chi connectivity index (χ1n) is 6.97. The summed E-state index contributed by atoms with van der Waals surface area (Å²) in [6.07, 6.45) is 1.81. The van der Waals surface area contributed by atoms with Gasteiger partial charge in [0.25, 0.3) is 0 Å². The Balaban J connectivity index is 1.88. The fourth-order valence-electron chi connectivity index (χ4n) is 2.45. The maximum Gasteiger partial charge on any atom is 0.154 e. The Morgan fingerprint density at radius 3 is 2.32 bits per heavy atom. The zero-order valence-electron chi connectivity index (χ0n) is 11.6. The highest BCUT2D eigenvalue weighted by molar-refractivity contribution is 5.65. The molecule has 22 heavy (non-hydrogen) atoms. The molecule has 0 amide bonds. The van der Waals surface area contributed by atoms with Crippen LogP contribution in [-0.2, 0) is 0 Å². The van der Waals surface area contributed by atoms with Gasteiger partial charge in [-0.25, -0.2) is 13.9 Å². The van der Waals surface area contributed by atoms with E-state index in [2.05, 4.69) is 10.1 Å². The van der Waals surface area contributed by atoms with Gasteiger partial charge < -0.3 is 0 Å². The SMILES string of the molecule is Fc1ccc(-c2ccc3ncc(-c4ccccc4)n3n2)cc1.